The summed E-state index contributed by atoms with van der Waals surface area (Å²) in [6, 6.07) is 13.5. The summed E-state index contributed by atoms with van der Waals surface area (Å²) in [5.74, 6) is 0. The van der Waals surface area contributed by atoms with Crippen LogP contribution in [-0.2, 0) is 11.3 Å². The van der Waals surface area contributed by atoms with Crippen molar-refractivity contribution >= 4 is 27.7 Å². The van der Waals surface area contributed by atoms with Gasteiger partial charge in [-0.3, -0.25) is 8.86 Å². The van der Waals surface area contributed by atoms with Crippen LogP contribution >= 0.6 is 0 Å². The smallest absolute Gasteiger partial charge is 0.261 e. The average molecular weight is 221 g/mol. The molecule has 0 aliphatic carbocycles. The first-order chi connectivity index (χ1) is 7.20. The molecule has 0 saturated carbocycles. The lowest BCUT2D eigenvalue weighted by Gasteiger charge is -2.15. The first-order valence-corrected chi connectivity index (χ1v) is 5.59. The summed E-state index contributed by atoms with van der Waals surface area (Å²) in [6.07, 6.45) is 0. The average Bonchev–Trinajstić information content (AvgIpc) is 2.27. The molecule has 78 valence electrons. The number of hydrogen-bond acceptors (Lipinski definition) is 1. The van der Waals surface area contributed by atoms with E-state index in [4.69, 9.17) is 4.55 Å². The van der Waals surface area contributed by atoms with Gasteiger partial charge in [0.2, 0.25) is 0 Å². The molecule has 1 N–H and O–H groups in total. The zero-order valence-electron chi connectivity index (χ0n) is 8.25. The molecule has 1 atom stereocenters. The van der Waals surface area contributed by atoms with Crippen molar-refractivity contribution in [2.45, 2.75) is 0 Å². The Balaban J connectivity index is 2.65. The molecule has 0 fully saturated rings. The highest BCUT2D eigenvalue weighted by Gasteiger charge is 2.08. The number of nitrogens with zero attached hydrogens (tertiary/aromatic N) is 1. The summed E-state index contributed by atoms with van der Waals surface area (Å²) < 4.78 is 21.3. The van der Waals surface area contributed by atoms with Gasteiger partial charge in [0.15, 0.2) is 0 Å². The van der Waals surface area contributed by atoms with Crippen LogP contribution in [-0.4, -0.2) is 15.8 Å². The Morgan fingerprint density at radius 2 is 1.80 bits per heavy atom. The van der Waals surface area contributed by atoms with Crippen molar-refractivity contribution in [1.29, 1.82) is 0 Å². The Hall–Kier alpha value is -1.39. The highest BCUT2D eigenvalue weighted by Crippen LogP contribution is 2.26. The molecule has 3 nitrogen and oxygen atoms in total. The molecule has 2 aromatic rings. The number of anilines is 1. The Labute approximate surface area is 90.8 Å². The number of fused-ring (bicyclic) bond motifs is 1. The quantitative estimate of drug-likeness (QED) is 0.791. The third kappa shape index (κ3) is 1.86. The van der Waals surface area contributed by atoms with E-state index >= 15 is 0 Å². The Kier molecular flexibility index (Phi) is 2.70. The van der Waals surface area contributed by atoms with Crippen LogP contribution < -0.4 is 4.31 Å². The maximum absolute atomic E-state index is 11.0. The molecule has 0 spiro atoms. The minimum atomic E-state index is -1.98. The molecule has 15 heavy (non-hydrogen) atoms. The Morgan fingerprint density at radius 3 is 2.53 bits per heavy atom. The normalized spacial score (nSPS) is 12.7. The molecular formula is C11H11NO2S. The minimum Gasteiger partial charge on any atom is -0.289 e. The van der Waals surface area contributed by atoms with E-state index in [0.717, 1.165) is 16.5 Å². The lowest BCUT2D eigenvalue weighted by atomic mass is 10.1. The molecule has 4 heteroatoms. The topological polar surface area (TPSA) is 40.5 Å². The zero-order valence-corrected chi connectivity index (χ0v) is 9.07. The van der Waals surface area contributed by atoms with Crippen LogP contribution in [0.5, 0.6) is 0 Å². The van der Waals surface area contributed by atoms with Crippen molar-refractivity contribution in [3.63, 3.8) is 0 Å². The molecular weight excluding hydrogens is 210 g/mol. The molecule has 0 aromatic heterocycles. The summed E-state index contributed by atoms with van der Waals surface area (Å²) in [5, 5.41) is 2.04. The van der Waals surface area contributed by atoms with E-state index in [1.165, 1.54) is 4.31 Å². The van der Waals surface area contributed by atoms with E-state index in [1.54, 1.807) is 7.05 Å². The summed E-state index contributed by atoms with van der Waals surface area (Å²) in [5.41, 5.74) is 0.758. The summed E-state index contributed by atoms with van der Waals surface area (Å²) in [4.78, 5) is 0. The fourth-order valence-corrected chi connectivity index (χ4v) is 1.89. The van der Waals surface area contributed by atoms with Crippen molar-refractivity contribution in [1.82, 2.24) is 0 Å². The third-order valence-corrected chi connectivity index (χ3v) is 3.01. The number of benzene rings is 2. The van der Waals surface area contributed by atoms with Gasteiger partial charge in [-0.05, 0) is 11.5 Å². The third-order valence-electron chi connectivity index (χ3n) is 2.34. The van der Waals surface area contributed by atoms with Crippen LogP contribution in [0.3, 0.4) is 0 Å². The molecule has 0 heterocycles. The van der Waals surface area contributed by atoms with E-state index in [0.29, 0.717) is 0 Å². The van der Waals surface area contributed by atoms with Gasteiger partial charge in [0.1, 0.15) is 0 Å². The van der Waals surface area contributed by atoms with Gasteiger partial charge in [0.05, 0.1) is 5.69 Å². The summed E-state index contributed by atoms with van der Waals surface area (Å²) >= 11 is -1.98. The van der Waals surface area contributed by atoms with Gasteiger partial charge in [0, 0.05) is 12.4 Å². The van der Waals surface area contributed by atoms with Crippen molar-refractivity contribution in [3.8, 4) is 0 Å². The minimum absolute atomic E-state index is 0.758. The van der Waals surface area contributed by atoms with Crippen molar-refractivity contribution < 1.29 is 8.76 Å². The second-order valence-corrected chi connectivity index (χ2v) is 4.24. The second kappa shape index (κ2) is 4.00. The fourth-order valence-electron chi connectivity index (χ4n) is 1.57. The van der Waals surface area contributed by atoms with E-state index < -0.39 is 11.3 Å². The summed E-state index contributed by atoms with van der Waals surface area (Å²) in [7, 11) is 1.60. The Bertz CT molecular complexity index is 507. The molecule has 0 amide bonds. The van der Waals surface area contributed by atoms with Gasteiger partial charge in [0.25, 0.3) is 11.3 Å². The van der Waals surface area contributed by atoms with Gasteiger partial charge in [-0.15, -0.1) is 0 Å². The van der Waals surface area contributed by atoms with Crippen LogP contribution in [0.1, 0.15) is 0 Å². The molecule has 0 aliphatic heterocycles. The van der Waals surface area contributed by atoms with Crippen LogP contribution in [0.4, 0.5) is 5.69 Å². The van der Waals surface area contributed by atoms with Crippen molar-refractivity contribution in [3.05, 3.63) is 42.5 Å². The predicted octanol–water partition coefficient (Wildman–Crippen LogP) is 2.41. The van der Waals surface area contributed by atoms with Crippen LogP contribution in [0.25, 0.3) is 10.8 Å². The van der Waals surface area contributed by atoms with Gasteiger partial charge in [-0.1, -0.05) is 36.4 Å². The zero-order chi connectivity index (χ0) is 10.8. The van der Waals surface area contributed by atoms with Gasteiger partial charge < -0.3 is 0 Å². The first-order valence-electron chi connectivity index (χ1n) is 4.52. The number of rotatable bonds is 2. The Morgan fingerprint density at radius 1 is 1.13 bits per heavy atom. The SMILES string of the molecule is CN(c1cccc2ccccc12)S(=O)O. The molecule has 1 unspecified atom stereocenters. The van der Waals surface area contributed by atoms with Gasteiger partial charge in [-0.2, -0.15) is 0 Å². The molecule has 0 aliphatic rings. The second-order valence-electron chi connectivity index (χ2n) is 3.23. The lowest BCUT2D eigenvalue weighted by molar-refractivity contribution is 0.562. The van der Waals surface area contributed by atoms with Gasteiger partial charge >= 0.3 is 0 Å². The van der Waals surface area contributed by atoms with Gasteiger partial charge in [-0.25, -0.2) is 4.21 Å². The van der Waals surface area contributed by atoms with E-state index in [9.17, 15) is 4.21 Å². The largest absolute Gasteiger partial charge is 0.289 e. The standard InChI is InChI=1S/C11H11NO2S/c1-12(15(13)14)11-8-4-6-9-5-2-3-7-10(9)11/h2-8H,1H3,(H,13,14). The predicted molar refractivity (Wildman–Crippen MR) is 63.1 cm³/mol. The molecule has 0 saturated heterocycles. The van der Waals surface area contributed by atoms with Crippen LogP contribution in [0, 0.1) is 0 Å². The van der Waals surface area contributed by atoms with Crippen molar-refractivity contribution in [2.75, 3.05) is 11.4 Å². The van der Waals surface area contributed by atoms with Crippen LogP contribution in [0.2, 0.25) is 0 Å². The van der Waals surface area contributed by atoms with Crippen molar-refractivity contribution in [2.24, 2.45) is 0 Å². The van der Waals surface area contributed by atoms with E-state index in [-0.39, 0.29) is 0 Å². The molecule has 0 bridgehead atoms. The first kappa shape index (κ1) is 10.1. The maximum Gasteiger partial charge on any atom is 0.261 e. The highest BCUT2D eigenvalue weighted by atomic mass is 32.2. The molecule has 2 aromatic carbocycles. The highest BCUT2D eigenvalue weighted by molar-refractivity contribution is 7.80. The molecule has 0 radical (unpaired) electrons. The fraction of sp³-hybridized carbons (Fsp3) is 0.0909. The molecule has 2 rings (SSSR count). The number of hydrogen-bond donors (Lipinski definition) is 1. The van der Waals surface area contributed by atoms with Crippen LogP contribution in [0.15, 0.2) is 42.5 Å². The maximum atomic E-state index is 11.0. The van der Waals surface area contributed by atoms with E-state index in [1.807, 2.05) is 42.5 Å². The lowest BCUT2D eigenvalue weighted by Crippen LogP contribution is -2.19. The summed E-state index contributed by atoms with van der Waals surface area (Å²) in [6.45, 7) is 0. The monoisotopic (exact) mass is 221 g/mol. The van der Waals surface area contributed by atoms with E-state index in [2.05, 4.69) is 0 Å².